The van der Waals surface area contributed by atoms with Gasteiger partial charge in [-0.2, -0.15) is 0 Å². The SMILES string of the molecule is Bc1ccc(Nc2ncnc3cc(O)c(OC)cc23)c(F)c1. The van der Waals surface area contributed by atoms with Gasteiger partial charge in [0.1, 0.15) is 25.8 Å². The van der Waals surface area contributed by atoms with Crippen LogP contribution < -0.4 is 15.5 Å². The lowest BCUT2D eigenvalue weighted by atomic mass is 9.96. The molecule has 0 aliphatic carbocycles. The monoisotopic (exact) mass is 297 g/mol. The van der Waals surface area contributed by atoms with Crippen molar-refractivity contribution in [3.63, 3.8) is 0 Å². The van der Waals surface area contributed by atoms with Crippen molar-refractivity contribution in [2.75, 3.05) is 12.4 Å². The van der Waals surface area contributed by atoms with Crippen molar-refractivity contribution >= 4 is 35.7 Å². The summed E-state index contributed by atoms with van der Waals surface area (Å²) in [6.07, 6.45) is 1.35. The van der Waals surface area contributed by atoms with Crippen LogP contribution in [0.5, 0.6) is 11.5 Å². The Morgan fingerprint density at radius 2 is 2.05 bits per heavy atom. The Bertz CT molecular complexity index is 858. The lowest BCUT2D eigenvalue weighted by Gasteiger charge is -2.11. The topological polar surface area (TPSA) is 67.3 Å². The molecule has 2 aromatic carbocycles. The lowest BCUT2D eigenvalue weighted by Crippen LogP contribution is -2.05. The number of aromatic hydroxyl groups is 1. The Balaban J connectivity index is 2.10. The molecule has 3 rings (SSSR count). The Morgan fingerprint density at radius 3 is 2.77 bits per heavy atom. The number of methoxy groups -OCH3 is 1. The van der Waals surface area contributed by atoms with Crippen molar-refractivity contribution in [1.82, 2.24) is 9.97 Å². The highest BCUT2D eigenvalue weighted by molar-refractivity contribution is 6.32. The molecule has 0 saturated carbocycles. The number of phenols is 1. The number of halogens is 1. The number of fused-ring (bicyclic) bond motifs is 1. The smallest absolute Gasteiger partial charge is 0.161 e. The molecule has 0 fully saturated rings. The summed E-state index contributed by atoms with van der Waals surface area (Å²) in [4.78, 5) is 8.24. The molecule has 2 N–H and O–H groups in total. The minimum absolute atomic E-state index is 0.0128. The van der Waals surface area contributed by atoms with Crippen LogP contribution in [0.25, 0.3) is 10.9 Å². The number of nitrogens with zero attached hydrogens (tertiary/aromatic N) is 2. The fraction of sp³-hybridized carbons (Fsp3) is 0.0667. The zero-order chi connectivity index (χ0) is 15.7. The summed E-state index contributed by atoms with van der Waals surface area (Å²) >= 11 is 0. The summed E-state index contributed by atoms with van der Waals surface area (Å²) < 4.78 is 19.1. The maximum Gasteiger partial charge on any atom is 0.161 e. The van der Waals surface area contributed by atoms with E-state index in [9.17, 15) is 9.50 Å². The zero-order valence-electron chi connectivity index (χ0n) is 12.1. The van der Waals surface area contributed by atoms with Crippen molar-refractivity contribution in [1.29, 1.82) is 0 Å². The van der Waals surface area contributed by atoms with Gasteiger partial charge in [-0.25, -0.2) is 14.4 Å². The average Bonchev–Trinajstić information content (AvgIpc) is 2.49. The molecular formula is C15H13BFN3O2. The Labute approximate surface area is 127 Å². The molecule has 22 heavy (non-hydrogen) atoms. The normalized spacial score (nSPS) is 10.6. The Kier molecular flexibility index (Phi) is 3.54. The first-order chi connectivity index (χ1) is 10.6. The average molecular weight is 297 g/mol. The van der Waals surface area contributed by atoms with Gasteiger partial charge in [0, 0.05) is 11.5 Å². The van der Waals surface area contributed by atoms with Crippen molar-refractivity contribution in [3.8, 4) is 11.5 Å². The molecule has 0 aliphatic heterocycles. The molecule has 0 spiro atoms. The number of hydrogen-bond donors (Lipinski definition) is 2. The predicted molar refractivity (Wildman–Crippen MR) is 85.6 cm³/mol. The second-order valence-corrected chi connectivity index (χ2v) is 4.87. The molecule has 0 amide bonds. The van der Waals surface area contributed by atoms with E-state index in [-0.39, 0.29) is 11.6 Å². The van der Waals surface area contributed by atoms with E-state index in [0.717, 1.165) is 5.46 Å². The molecule has 1 aromatic heterocycles. The minimum atomic E-state index is -0.363. The summed E-state index contributed by atoms with van der Waals surface area (Å²) in [5.41, 5.74) is 1.68. The van der Waals surface area contributed by atoms with E-state index in [1.807, 2.05) is 7.85 Å². The second-order valence-electron chi connectivity index (χ2n) is 4.87. The van der Waals surface area contributed by atoms with Crippen LogP contribution in [0.4, 0.5) is 15.9 Å². The molecule has 3 aromatic rings. The van der Waals surface area contributed by atoms with E-state index in [1.165, 1.54) is 25.6 Å². The maximum absolute atomic E-state index is 14.0. The van der Waals surface area contributed by atoms with Crippen molar-refractivity contribution in [3.05, 3.63) is 42.5 Å². The van der Waals surface area contributed by atoms with Gasteiger partial charge < -0.3 is 15.2 Å². The molecule has 0 bridgehead atoms. The molecule has 0 saturated heterocycles. The van der Waals surface area contributed by atoms with Crippen LogP contribution in [0.15, 0.2) is 36.7 Å². The molecule has 0 atom stereocenters. The highest BCUT2D eigenvalue weighted by Crippen LogP contribution is 2.33. The quantitative estimate of drug-likeness (QED) is 0.717. The number of benzene rings is 2. The van der Waals surface area contributed by atoms with Gasteiger partial charge in [0.25, 0.3) is 0 Å². The molecule has 5 nitrogen and oxygen atoms in total. The summed E-state index contributed by atoms with van der Waals surface area (Å²) in [7, 11) is 3.28. The first-order valence-corrected chi connectivity index (χ1v) is 6.63. The molecule has 7 heteroatoms. The highest BCUT2D eigenvalue weighted by Gasteiger charge is 2.11. The van der Waals surface area contributed by atoms with E-state index < -0.39 is 0 Å². The molecule has 110 valence electrons. The molecular weight excluding hydrogens is 284 g/mol. The first kappa shape index (κ1) is 14.1. The van der Waals surface area contributed by atoms with Crippen LogP contribution in [0.3, 0.4) is 0 Å². The van der Waals surface area contributed by atoms with Gasteiger partial charge in [-0.05, 0) is 18.2 Å². The van der Waals surface area contributed by atoms with E-state index in [2.05, 4.69) is 15.3 Å². The van der Waals surface area contributed by atoms with Crippen LogP contribution in [-0.4, -0.2) is 30.0 Å². The van der Waals surface area contributed by atoms with E-state index in [4.69, 9.17) is 4.74 Å². The number of anilines is 2. The van der Waals surface area contributed by atoms with Crippen molar-refractivity contribution in [2.24, 2.45) is 0 Å². The number of rotatable bonds is 3. The number of ether oxygens (including phenoxy) is 1. The molecule has 1 heterocycles. The van der Waals surface area contributed by atoms with Gasteiger partial charge in [0.05, 0.1) is 18.3 Å². The van der Waals surface area contributed by atoms with Crippen LogP contribution in [0, 0.1) is 5.82 Å². The van der Waals surface area contributed by atoms with Crippen LogP contribution >= 0.6 is 0 Å². The van der Waals surface area contributed by atoms with Gasteiger partial charge >= 0.3 is 0 Å². The number of hydrogen-bond acceptors (Lipinski definition) is 5. The zero-order valence-corrected chi connectivity index (χ0v) is 12.1. The fourth-order valence-electron chi connectivity index (χ4n) is 2.18. The highest BCUT2D eigenvalue weighted by atomic mass is 19.1. The number of phenolic OH excluding ortho intramolecular Hbond substituents is 1. The van der Waals surface area contributed by atoms with E-state index in [1.54, 1.807) is 18.2 Å². The second kappa shape index (κ2) is 5.52. The van der Waals surface area contributed by atoms with Crippen LogP contribution in [0.1, 0.15) is 0 Å². The molecule has 0 radical (unpaired) electrons. The fourth-order valence-corrected chi connectivity index (χ4v) is 2.18. The lowest BCUT2D eigenvalue weighted by molar-refractivity contribution is 0.374. The first-order valence-electron chi connectivity index (χ1n) is 6.63. The molecule has 0 aliphatic rings. The standard InChI is InChI=1S/C15H13BFN3O2/c1-22-14-5-9-12(6-13(14)21)18-7-19-15(9)20-11-3-2-8(16)4-10(11)17/h2-7,21H,16H2,1H3,(H,18,19,20). The maximum atomic E-state index is 14.0. The van der Waals surface area contributed by atoms with Crippen LogP contribution in [-0.2, 0) is 0 Å². The number of nitrogens with one attached hydrogen (secondary N) is 1. The summed E-state index contributed by atoms with van der Waals surface area (Å²) in [6.45, 7) is 0. The van der Waals surface area contributed by atoms with Gasteiger partial charge in [-0.3, -0.25) is 0 Å². The van der Waals surface area contributed by atoms with Crippen LogP contribution in [0.2, 0.25) is 0 Å². The van der Waals surface area contributed by atoms with Crippen molar-refractivity contribution in [2.45, 2.75) is 0 Å². The Hall–Kier alpha value is -2.83. The van der Waals surface area contributed by atoms with Gasteiger partial charge in [-0.1, -0.05) is 11.5 Å². The third kappa shape index (κ3) is 2.53. The summed E-state index contributed by atoms with van der Waals surface area (Å²) in [5.74, 6) is 0.361. The van der Waals surface area contributed by atoms with E-state index >= 15 is 0 Å². The van der Waals surface area contributed by atoms with Gasteiger partial charge in [0.2, 0.25) is 0 Å². The van der Waals surface area contributed by atoms with Crippen molar-refractivity contribution < 1.29 is 14.2 Å². The van der Waals surface area contributed by atoms with E-state index in [0.29, 0.717) is 28.2 Å². The summed E-state index contributed by atoms with van der Waals surface area (Å²) in [5, 5.41) is 13.4. The third-order valence-electron chi connectivity index (χ3n) is 3.31. The third-order valence-corrected chi connectivity index (χ3v) is 3.31. The molecule has 0 unspecified atom stereocenters. The number of aromatic nitrogens is 2. The summed E-state index contributed by atoms with van der Waals surface area (Å²) in [6, 6.07) is 7.99. The van der Waals surface area contributed by atoms with Gasteiger partial charge in [0.15, 0.2) is 11.5 Å². The Morgan fingerprint density at radius 1 is 1.23 bits per heavy atom. The van der Waals surface area contributed by atoms with Gasteiger partial charge in [-0.15, -0.1) is 0 Å². The largest absolute Gasteiger partial charge is 0.504 e. The predicted octanol–water partition coefficient (Wildman–Crippen LogP) is 1.49. The minimum Gasteiger partial charge on any atom is -0.504 e.